The first-order chi connectivity index (χ1) is 5.65. The Labute approximate surface area is 93.7 Å². The van der Waals surface area contributed by atoms with Crippen LogP contribution in [0.1, 0.15) is 0 Å². The van der Waals surface area contributed by atoms with Gasteiger partial charge < -0.3 is 4.74 Å². The van der Waals surface area contributed by atoms with Gasteiger partial charge in [0.1, 0.15) is 5.52 Å². The Hall–Kier alpha value is 0.370. The number of hydrogen-bond acceptors (Lipinski definition) is 1. The lowest BCUT2D eigenvalue weighted by Gasteiger charge is -2.06. The van der Waals surface area contributed by atoms with Gasteiger partial charge in [0.05, 0.1) is 10.0 Å². The summed E-state index contributed by atoms with van der Waals surface area (Å²) in [5.74, 6) is 0.444. The van der Waals surface area contributed by atoms with Gasteiger partial charge >= 0.3 is 0 Å². The molecule has 0 unspecified atom stereocenters. The Morgan fingerprint density at radius 2 is 1.67 bits per heavy atom. The minimum Gasteiger partial charge on any atom is -0.479 e. The third kappa shape index (κ3) is 2.43. The van der Waals surface area contributed by atoms with Crippen molar-refractivity contribution in [3.05, 3.63) is 27.2 Å². The highest BCUT2D eigenvalue weighted by atomic mass is 79.9. The molecular formula is C7H4BrCl3O. The van der Waals surface area contributed by atoms with E-state index in [1.165, 1.54) is 0 Å². The van der Waals surface area contributed by atoms with E-state index >= 15 is 0 Å². The number of hydrogen-bond donors (Lipinski definition) is 0. The molecule has 0 atom stereocenters. The number of ether oxygens (including phenoxy) is 1. The van der Waals surface area contributed by atoms with Gasteiger partial charge in [0, 0.05) is 5.02 Å². The fraction of sp³-hybridized carbons (Fsp3) is 0.143. The van der Waals surface area contributed by atoms with Gasteiger partial charge in [-0.25, -0.2) is 0 Å². The Bertz CT molecular complexity index is 267. The van der Waals surface area contributed by atoms with Gasteiger partial charge in [0.25, 0.3) is 0 Å². The molecule has 1 rings (SSSR count). The maximum atomic E-state index is 5.80. The summed E-state index contributed by atoms with van der Waals surface area (Å²) in [4.78, 5) is 0. The average Bonchev–Trinajstić information content (AvgIpc) is 1.96. The molecule has 0 aliphatic heterocycles. The number of benzene rings is 1. The van der Waals surface area contributed by atoms with Gasteiger partial charge in [0.2, 0.25) is 0 Å². The number of halogens is 4. The van der Waals surface area contributed by atoms with Gasteiger partial charge in [-0.1, -0.05) is 34.8 Å². The maximum absolute atomic E-state index is 5.80. The maximum Gasteiger partial charge on any atom is 0.157 e. The van der Waals surface area contributed by atoms with E-state index in [-0.39, 0.29) is 0 Å². The minimum absolute atomic E-state index is 0.341. The average molecular weight is 290 g/mol. The summed E-state index contributed by atoms with van der Waals surface area (Å²) in [6.45, 7) is 0. The van der Waals surface area contributed by atoms with Crippen molar-refractivity contribution in [1.82, 2.24) is 0 Å². The lowest BCUT2D eigenvalue weighted by atomic mass is 10.3. The monoisotopic (exact) mass is 288 g/mol. The summed E-state index contributed by atoms with van der Waals surface area (Å²) >= 11 is 20.4. The third-order valence-corrected chi connectivity index (χ3v) is 2.17. The van der Waals surface area contributed by atoms with Crippen LogP contribution < -0.4 is 4.74 Å². The van der Waals surface area contributed by atoms with Crippen LogP contribution in [0.25, 0.3) is 0 Å². The molecule has 0 heterocycles. The quantitative estimate of drug-likeness (QED) is 0.735. The standard InChI is InChI=1S/C7H4BrCl3O/c8-3-12-7-5(10)1-4(9)2-6(7)11/h1-2H,3H2. The molecule has 0 spiro atoms. The molecule has 0 N–H and O–H groups in total. The summed E-state index contributed by atoms with van der Waals surface area (Å²) in [5, 5.41) is 1.31. The van der Waals surface area contributed by atoms with E-state index in [9.17, 15) is 0 Å². The first kappa shape index (κ1) is 10.5. The zero-order valence-electron chi connectivity index (χ0n) is 5.78. The Morgan fingerprint density at radius 1 is 1.17 bits per heavy atom. The van der Waals surface area contributed by atoms with Crippen LogP contribution in [0, 0.1) is 0 Å². The second-order valence-electron chi connectivity index (χ2n) is 1.95. The molecule has 0 saturated heterocycles. The molecule has 1 aromatic carbocycles. The smallest absolute Gasteiger partial charge is 0.157 e. The molecule has 1 aromatic rings. The van der Waals surface area contributed by atoms with Crippen molar-refractivity contribution in [3.8, 4) is 5.75 Å². The van der Waals surface area contributed by atoms with Gasteiger partial charge in [-0.2, -0.15) is 0 Å². The van der Waals surface area contributed by atoms with Crippen LogP contribution in [-0.2, 0) is 0 Å². The van der Waals surface area contributed by atoms with Crippen LogP contribution in [0.2, 0.25) is 15.1 Å². The molecule has 0 bridgehead atoms. The lowest BCUT2D eigenvalue weighted by Crippen LogP contribution is -1.90. The molecule has 1 nitrogen and oxygen atoms in total. The van der Waals surface area contributed by atoms with E-state index < -0.39 is 0 Å². The Balaban J connectivity index is 3.10. The zero-order valence-corrected chi connectivity index (χ0v) is 9.64. The van der Waals surface area contributed by atoms with Crippen LogP contribution in [0.5, 0.6) is 5.75 Å². The highest BCUT2D eigenvalue weighted by Gasteiger charge is 2.07. The molecule has 0 aromatic heterocycles. The molecule has 0 aliphatic rings. The van der Waals surface area contributed by atoms with Crippen LogP contribution in [0.15, 0.2) is 12.1 Å². The molecular weight excluding hydrogens is 286 g/mol. The van der Waals surface area contributed by atoms with Crippen LogP contribution in [-0.4, -0.2) is 5.52 Å². The second-order valence-corrected chi connectivity index (χ2v) is 3.66. The van der Waals surface area contributed by atoms with Crippen molar-refractivity contribution in [2.45, 2.75) is 0 Å². The van der Waals surface area contributed by atoms with Crippen LogP contribution in [0.4, 0.5) is 0 Å². The predicted octanol–water partition coefficient (Wildman–Crippen LogP) is 4.38. The highest BCUT2D eigenvalue weighted by Crippen LogP contribution is 2.35. The number of alkyl halides is 1. The normalized spacial score (nSPS) is 10.0. The van der Waals surface area contributed by atoms with Gasteiger partial charge in [-0.15, -0.1) is 0 Å². The topological polar surface area (TPSA) is 9.23 Å². The molecule has 0 radical (unpaired) electrons. The zero-order chi connectivity index (χ0) is 9.14. The van der Waals surface area contributed by atoms with Crippen molar-refractivity contribution in [2.24, 2.45) is 0 Å². The Morgan fingerprint density at radius 3 is 2.08 bits per heavy atom. The summed E-state index contributed by atoms with van der Waals surface area (Å²) < 4.78 is 5.12. The summed E-state index contributed by atoms with van der Waals surface area (Å²) in [5.41, 5.74) is 0.341. The minimum atomic E-state index is 0.341. The largest absolute Gasteiger partial charge is 0.479 e. The van der Waals surface area contributed by atoms with Gasteiger partial charge in [0.15, 0.2) is 5.75 Å². The summed E-state index contributed by atoms with van der Waals surface area (Å²) in [6, 6.07) is 3.15. The molecule has 0 fully saturated rings. The van der Waals surface area contributed by atoms with E-state index in [1.54, 1.807) is 12.1 Å². The van der Waals surface area contributed by atoms with Crippen molar-refractivity contribution in [2.75, 3.05) is 5.52 Å². The third-order valence-electron chi connectivity index (χ3n) is 1.16. The summed E-state index contributed by atoms with van der Waals surface area (Å²) in [6.07, 6.45) is 0. The van der Waals surface area contributed by atoms with Gasteiger partial charge in [-0.3, -0.25) is 0 Å². The first-order valence-corrected chi connectivity index (χ1v) is 5.24. The second kappa shape index (κ2) is 4.56. The van der Waals surface area contributed by atoms with E-state index in [1.807, 2.05) is 0 Å². The van der Waals surface area contributed by atoms with Gasteiger partial charge in [-0.05, 0) is 28.1 Å². The van der Waals surface area contributed by atoms with Crippen LogP contribution >= 0.6 is 50.7 Å². The van der Waals surface area contributed by atoms with Crippen molar-refractivity contribution >= 4 is 50.7 Å². The lowest BCUT2D eigenvalue weighted by molar-refractivity contribution is 0.398. The van der Waals surface area contributed by atoms with E-state index in [4.69, 9.17) is 39.5 Å². The molecule has 0 saturated carbocycles. The molecule has 12 heavy (non-hydrogen) atoms. The Kier molecular flexibility index (Phi) is 3.97. The van der Waals surface area contributed by atoms with Crippen molar-refractivity contribution in [1.29, 1.82) is 0 Å². The molecule has 5 heteroatoms. The molecule has 0 aliphatic carbocycles. The fourth-order valence-electron chi connectivity index (χ4n) is 0.721. The van der Waals surface area contributed by atoms with E-state index in [0.717, 1.165) is 0 Å². The number of rotatable bonds is 2. The molecule has 66 valence electrons. The predicted molar refractivity (Wildman–Crippen MR) is 55.9 cm³/mol. The van der Waals surface area contributed by atoms with Crippen molar-refractivity contribution < 1.29 is 4.74 Å². The fourth-order valence-corrected chi connectivity index (χ4v) is 1.88. The van der Waals surface area contributed by atoms with E-state index in [2.05, 4.69) is 15.9 Å². The summed E-state index contributed by atoms with van der Waals surface area (Å²) in [7, 11) is 0. The SMILES string of the molecule is Clc1cc(Cl)c(OCBr)c(Cl)c1. The highest BCUT2D eigenvalue weighted by molar-refractivity contribution is 9.09. The first-order valence-electron chi connectivity index (χ1n) is 2.98. The van der Waals surface area contributed by atoms with Crippen molar-refractivity contribution in [3.63, 3.8) is 0 Å². The van der Waals surface area contributed by atoms with Crippen LogP contribution in [0.3, 0.4) is 0 Å². The molecule has 0 amide bonds. The van der Waals surface area contributed by atoms with E-state index in [0.29, 0.717) is 26.3 Å².